The molecule has 0 saturated heterocycles. The van der Waals surface area contributed by atoms with E-state index in [9.17, 15) is 4.79 Å². The lowest BCUT2D eigenvalue weighted by molar-refractivity contribution is 0.0949. The van der Waals surface area contributed by atoms with Crippen molar-refractivity contribution >= 4 is 16.8 Å². The summed E-state index contributed by atoms with van der Waals surface area (Å²) in [6.45, 7) is 2.23. The zero-order chi connectivity index (χ0) is 21.1. The van der Waals surface area contributed by atoms with Crippen molar-refractivity contribution in [1.82, 2.24) is 20.1 Å². The van der Waals surface area contributed by atoms with Crippen LogP contribution in [0.2, 0.25) is 0 Å². The highest BCUT2D eigenvalue weighted by molar-refractivity contribution is 5.96. The number of fused-ring (bicyclic) bond motifs is 1. The summed E-state index contributed by atoms with van der Waals surface area (Å²) < 4.78 is 13.1. The van der Waals surface area contributed by atoms with Gasteiger partial charge in [0.2, 0.25) is 0 Å². The Bertz CT molecular complexity index is 1220. The van der Waals surface area contributed by atoms with Crippen LogP contribution in [-0.2, 0) is 13.6 Å². The van der Waals surface area contributed by atoms with Gasteiger partial charge in [-0.1, -0.05) is 6.07 Å². The van der Waals surface area contributed by atoms with E-state index in [-0.39, 0.29) is 5.91 Å². The molecular weight excluding hydrogens is 380 g/mol. The molecule has 2 aromatic carbocycles. The maximum atomic E-state index is 12.7. The first-order chi connectivity index (χ1) is 14.5. The summed E-state index contributed by atoms with van der Waals surface area (Å²) in [5.74, 6) is 1.84. The molecule has 2 aromatic heterocycles. The third-order valence-corrected chi connectivity index (χ3v) is 4.86. The van der Waals surface area contributed by atoms with Crippen molar-refractivity contribution in [3.05, 3.63) is 77.7 Å². The van der Waals surface area contributed by atoms with Gasteiger partial charge in [0.1, 0.15) is 17.2 Å². The lowest BCUT2D eigenvalue weighted by Crippen LogP contribution is -2.24. The molecule has 152 valence electrons. The molecule has 7 nitrogen and oxygen atoms in total. The van der Waals surface area contributed by atoms with Gasteiger partial charge in [-0.3, -0.25) is 14.5 Å². The van der Waals surface area contributed by atoms with E-state index < -0.39 is 0 Å². The molecule has 4 rings (SSSR count). The van der Waals surface area contributed by atoms with Gasteiger partial charge in [0.15, 0.2) is 0 Å². The van der Waals surface area contributed by atoms with Crippen LogP contribution < -0.4 is 14.8 Å². The highest BCUT2D eigenvalue weighted by Crippen LogP contribution is 2.33. The normalized spacial score (nSPS) is 10.8. The zero-order valence-corrected chi connectivity index (χ0v) is 17.0. The quantitative estimate of drug-likeness (QED) is 0.527. The number of nitrogens with one attached hydrogen (secondary N) is 1. The van der Waals surface area contributed by atoms with E-state index in [1.807, 2.05) is 62.6 Å². The summed E-state index contributed by atoms with van der Waals surface area (Å²) in [6, 6.07) is 14.8. The fourth-order valence-electron chi connectivity index (χ4n) is 3.23. The SMILES string of the molecule is COc1ccc2c(Oc3cccc(C(=O)NCc4ccn(C)n4)c3C)ccnc2c1. The maximum Gasteiger partial charge on any atom is 0.252 e. The third-order valence-electron chi connectivity index (χ3n) is 4.86. The van der Waals surface area contributed by atoms with Crippen molar-refractivity contribution in [2.75, 3.05) is 7.11 Å². The number of carbonyl (C=O) groups excluding carboxylic acids is 1. The van der Waals surface area contributed by atoms with E-state index in [1.54, 1.807) is 24.1 Å². The van der Waals surface area contributed by atoms with E-state index >= 15 is 0 Å². The Labute approximate surface area is 174 Å². The first-order valence-corrected chi connectivity index (χ1v) is 9.52. The molecular formula is C23H22N4O3. The highest BCUT2D eigenvalue weighted by atomic mass is 16.5. The van der Waals surface area contributed by atoms with Crippen LogP contribution >= 0.6 is 0 Å². The highest BCUT2D eigenvalue weighted by Gasteiger charge is 2.14. The van der Waals surface area contributed by atoms with Gasteiger partial charge < -0.3 is 14.8 Å². The summed E-state index contributed by atoms with van der Waals surface area (Å²) in [6.07, 6.45) is 3.53. The Hall–Kier alpha value is -3.87. The van der Waals surface area contributed by atoms with E-state index in [2.05, 4.69) is 15.4 Å². The first kappa shape index (κ1) is 19.4. The second kappa shape index (κ2) is 8.24. The van der Waals surface area contributed by atoms with Crippen LogP contribution in [0.5, 0.6) is 17.2 Å². The molecule has 1 amide bonds. The van der Waals surface area contributed by atoms with Crippen molar-refractivity contribution in [3.8, 4) is 17.2 Å². The van der Waals surface area contributed by atoms with E-state index in [0.717, 1.165) is 27.9 Å². The number of benzene rings is 2. The number of methoxy groups -OCH3 is 1. The Balaban J connectivity index is 1.57. The topological polar surface area (TPSA) is 78.3 Å². The Kier molecular flexibility index (Phi) is 5.34. The third kappa shape index (κ3) is 3.96. The smallest absolute Gasteiger partial charge is 0.252 e. The number of aromatic nitrogens is 3. The van der Waals surface area contributed by atoms with Gasteiger partial charge in [-0.05, 0) is 43.3 Å². The number of aryl methyl sites for hydroxylation is 1. The summed E-state index contributed by atoms with van der Waals surface area (Å²) in [4.78, 5) is 17.1. The molecule has 0 aliphatic carbocycles. The molecule has 7 heteroatoms. The number of hydrogen-bond acceptors (Lipinski definition) is 5. The number of pyridine rings is 1. The van der Waals surface area contributed by atoms with Gasteiger partial charge in [0.05, 0.1) is 24.9 Å². The lowest BCUT2D eigenvalue weighted by atomic mass is 10.1. The van der Waals surface area contributed by atoms with Gasteiger partial charge in [0.25, 0.3) is 5.91 Å². The van der Waals surface area contributed by atoms with Crippen LogP contribution in [0.1, 0.15) is 21.6 Å². The molecule has 30 heavy (non-hydrogen) atoms. The second-order valence-corrected chi connectivity index (χ2v) is 6.89. The average Bonchev–Trinajstić information content (AvgIpc) is 3.18. The summed E-state index contributed by atoms with van der Waals surface area (Å²) >= 11 is 0. The molecule has 0 radical (unpaired) electrons. The largest absolute Gasteiger partial charge is 0.497 e. The van der Waals surface area contributed by atoms with Crippen molar-refractivity contribution < 1.29 is 14.3 Å². The molecule has 0 bridgehead atoms. The van der Waals surface area contributed by atoms with Crippen molar-refractivity contribution in [1.29, 1.82) is 0 Å². The fourth-order valence-corrected chi connectivity index (χ4v) is 3.23. The van der Waals surface area contributed by atoms with Crippen LogP contribution in [0.4, 0.5) is 0 Å². The zero-order valence-electron chi connectivity index (χ0n) is 17.0. The Morgan fingerprint density at radius 3 is 2.77 bits per heavy atom. The van der Waals surface area contributed by atoms with Crippen LogP contribution in [0.25, 0.3) is 10.9 Å². The summed E-state index contributed by atoms with van der Waals surface area (Å²) in [5.41, 5.74) is 2.89. The Morgan fingerprint density at radius 2 is 2.00 bits per heavy atom. The molecule has 0 unspecified atom stereocenters. The minimum atomic E-state index is -0.173. The molecule has 2 heterocycles. The number of nitrogens with zero attached hydrogens (tertiary/aromatic N) is 3. The van der Waals surface area contributed by atoms with Gasteiger partial charge in [-0.2, -0.15) is 5.10 Å². The average molecular weight is 402 g/mol. The Morgan fingerprint density at radius 1 is 1.13 bits per heavy atom. The molecule has 4 aromatic rings. The number of carbonyl (C=O) groups is 1. The lowest BCUT2D eigenvalue weighted by Gasteiger charge is -2.14. The van der Waals surface area contributed by atoms with Gasteiger partial charge in [0, 0.05) is 42.0 Å². The van der Waals surface area contributed by atoms with E-state index in [0.29, 0.717) is 23.6 Å². The first-order valence-electron chi connectivity index (χ1n) is 9.52. The molecule has 0 atom stereocenters. The molecule has 0 spiro atoms. The van der Waals surface area contributed by atoms with Gasteiger partial charge in [-0.15, -0.1) is 0 Å². The maximum absolute atomic E-state index is 12.7. The number of amides is 1. The number of ether oxygens (including phenoxy) is 2. The molecule has 0 saturated carbocycles. The summed E-state index contributed by atoms with van der Waals surface area (Å²) in [5, 5.41) is 8.05. The number of hydrogen-bond donors (Lipinski definition) is 1. The standard InChI is InChI=1S/C23H22N4O3/c1-15-18(23(28)25-14-16-10-12-27(2)26-16)5-4-6-21(15)30-22-9-11-24-20-13-17(29-3)7-8-19(20)22/h4-13H,14H2,1-3H3,(H,25,28). The molecule has 1 N–H and O–H groups in total. The van der Waals surface area contributed by atoms with Crippen LogP contribution in [-0.4, -0.2) is 27.8 Å². The summed E-state index contributed by atoms with van der Waals surface area (Å²) in [7, 11) is 3.46. The minimum absolute atomic E-state index is 0.173. The van der Waals surface area contributed by atoms with E-state index in [4.69, 9.17) is 9.47 Å². The monoisotopic (exact) mass is 402 g/mol. The predicted octanol–water partition coefficient (Wildman–Crippen LogP) is 4.01. The number of rotatable bonds is 6. The van der Waals surface area contributed by atoms with Gasteiger partial charge >= 0.3 is 0 Å². The van der Waals surface area contributed by atoms with Crippen LogP contribution in [0.15, 0.2) is 60.9 Å². The second-order valence-electron chi connectivity index (χ2n) is 6.89. The van der Waals surface area contributed by atoms with Crippen molar-refractivity contribution in [2.24, 2.45) is 7.05 Å². The van der Waals surface area contributed by atoms with Crippen LogP contribution in [0.3, 0.4) is 0 Å². The van der Waals surface area contributed by atoms with Crippen LogP contribution in [0, 0.1) is 6.92 Å². The van der Waals surface area contributed by atoms with Gasteiger partial charge in [-0.25, -0.2) is 0 Å². The van der Waals surface area contributed by atoms with Crippen molar-refractivity contribution in [3.63, 3.8) is 0 Å². The minimum Gasteiger partial charge on any atom is -0.497 e. The molecule has 0 fully saturated rings. The molecule has 0 aliphatic heterocycles. The van der Waals surface area contributed by atoms with Crippen molar-refractivity contribution in [2.45, 2.75) is 13.5 Å². The van der Waals surface area contributed by atoms with E-state index in [1.165, 1.54) is 0 Å². The fraction of sp³-hybridized carbons (Fsp3) is 0.174. The predicted molar refractivity (Wildman–Crippen MR) is 114 cm³/mol. The molecule has 0 aliphatic rings.